The van der Waals surface area contributed by atoms with E-state index in [4.69, 9.17) is 0 Å². The van der Waals surface area contributed by atoms with E-state index in [9.17, 15) is 13.2 Å². The molecule has 0 radical (unpaired) electrons. The molecule has 0 N–H and O–H groups in total. The van der Waals surface area contributed by atoms with Crippen LogP contribution in [0.1, 0.15) is 25.0 Å². The lowest BCUT2D eigenvalue weighted by Crippen LogP contribution is -2.06. The first-order valence-corrected chi connectivity index (χ1v) is 5.15. The van der Waals surface area contributed by atoms with Crippen molar-refractivity contribution in [3.8, 4) is 0 Å². The van der Waals surface area contributed by atoms with E-state index < -0.39 is 11.7 Å². The van der Waals surface area contributed by atoms with Gasteiger partial charge in [0.25, 0.3) is 0 Å². The van der Waals surface area contributed by atoms with Gasteiger partial charge in [-0.25, -0.2) is 0 Å². The fraction of sp³-hybridized carbons (Fsp3) is 0.417. The maximum absolute atomic E-state index is 12.5. The maximum atomic E-state index is 12.5. The van der Waals surface area contributed by atoms with Gasteiger partial charge >= 0.3 is 6.18 Å². The highest BCUT2D eigenvalue weighted by Gasteiger charge is 2.31. The molecule has 0 saturated carbocycles. The number of alkyl halides is 3. The maximum Gasteiger partial charge on any atom is 0.416 e. The second-order valence-electron chi connectivity index (χ2n) is 4.28. The van der Waals surface area contributed by atoms with Gasteiger partial charge < -0.3 is 0 Å². The molecule has 1 heterocycles. The largest absolute Gasteiger partial charge is 0.416 e. The van der Waals surface area contributed by atoms with Crippen LogP contribution >= 0.6 is 0 Å². The monoisotopic (exact) mass is 227 g/mol. The van der Waals surface area contributed by atoms with Gasteiger partial charge in [0.2, 0.25) is 0 Å². The van der Waals surface area contributed by atoms with Crippen molar-refractivity contribution in [3.05, 3.63) is 29.3 Å². The zero-order valence-electron chi connectivity index (χ0n) is 9.10. The molecule has 4 heteroatoms. The second-order valence-corrected chi connectivity index (χ2v) is 4.28. The minimum absolute atomic E-state index is 0.279. The molecule has 0 atom stereocenters. The quantitative estimate of drug-likeness (QED) is 0.687. The highest BCUT2D eigenvalue weighted by atomic mass is 19.4. The van der Waals surface area contributed by atoms with Gasteiger partial charge in [-0.1, -0.05) is 19.9 Å². The van der Waals surface area contributed by atoms with E-state index in [0.29, 0.717) is 12.1 Å². The molecule has 1 aromatic rings. The summed E-state index contributed by atoms with van der Waals surface area (Å²) in [5, 5.41) is 0. The summed E-state index contributed by atoms with van der Waals surface area (Å²) in [5.41, 5.74) is 1.68. The molecule has 1 aromatic carbocycles. The predicted octanol–water partition coefficient (Wildman–Crippen LogP) is 3.99. The Kier molecular flexibility index (Phi) is 2.52. The van der Waals surface area contributed by atoms with Gasteiger partial charge in [-0.05, 0) is 23.6 Å². The molecular weight excluding hydrogens is 215 g/mol. The molecule has 0 fully saturated rings. The number of benzene rings is 1. The van der Waals surface area contributed by atoms with Crippen LogP contribution in [0.4, 0.5) is 18.9 Å². The van der Waals surface area contributed by atoms with Gasteiger partial charge in [0, 0.05) is 12.1 Å². The van der Waals surface area contributed by atoms with Crippen LogP contribution in [0.25, 0.3) is 0 Å². The summed E-state index contributed by atoms with van der Waals surface area (Å²) >= 11 is 0. The van der Waals surface area contributed by atoms with Crippen molar-refractivity contribution in [2.75, 3.05) is 0 Å². The number of aliphatic imine (C=N–C) groups is 1. The zero-order valence-corrected chi connectivity index (χ0v) is 9.10. The molecule has 1 aliphatic heterocycles. The van der Waals surface area contributed by atoms with Gasteiger partial charge in [-0.2, -0.15) is 13.2 Å². The van der Waals surface area contributed by atoms with Crippen molar-refractivity contribution in [2.24, 2.45) is 10.9 Å². The molecule has 0 spiro atoms. The molecule has 86 valence electrons. The van der Waals surface area contributed by atoms with Crippen molar-refractivity contribution in [1.29, 1.82) is 0 Å². The number of halogens is 3. The van der Waals surface area contributed by atoms with Crippen LogP contribution in [0.2, 0.25) is 0 Å². The Morgan fingerprint density at radius 2 is 1.94 bits per heavy atom. The van der Waals surface area contributed by atoms with Crippen LogP contribution < -0.4 is 0 Å². The minimum Gasteiger partial charge on any atom is -0.257 e. The zero-order chi connectivity index (χ0) is 11.9. The number of hydrogen-bond donors (Lipinski definition) is 0. The Hall–Kier alpha value is -1.32. The summed E-state index contributed by atoms with van der Waals surface area (Å²) in [5.74, 6) is 0.279. The summed E-state index contributed by atoms with van der Waals surface area (Å²) in [7, 11) is 0. The van der Waals surface area contributed by atoms with E-state index in [1.54, 1.807) is 0 Å². The van der Waals surface area contributed by atoms with Gasteiger partial charge in [-0.3, -0.25) is 4.99 Å². The van der Waals surface area contributed by atoms with E-state index in [1.807, 2.05) is 13.8 Å². The van der Waals surface area contributed by atoms with E-state index >= 15 is 0 Å². The van der Waals surface area contributed by atoms with Crippen molar-refractivity contribution in [2.45, 2.75) is 26.4 Å². The van der Waals surface area contributed by atoms with E-state index in [-0.39, 0.29) is 5.92 Å². The molecule has 2 rings (SSSR count). The molecule has 0 unspecified atom stereocenters. The standard InChI is InChI=1S/C12H12F3N/c1-7(2)10-5-8-3-4-9(12(13,14)15)6-11(8)16-10/h3-4,6-7H,5H2,1-2H3. The third-order valence-corrected chi connectivity index (χ3v) is 2.71. The first-order valence-electron chi connectivity index (χ1n) is 5.15. The summed E-state index contributed by atoms with van der Waals surface area (Å²) in [6.45, 7) is 3.99. The summed E-state index contributed by atoms with van der Waals surface area (Å²) in [6, 6.07) is 3.78. The lowest BCUT2D eigenvalue weighted by molar-refractivity contribution is -0.137. The van der Waals surface area contributed by atoms with Gasteiger partial charge in [0.1, 0.15) is 0 Å². The lowest BCUT2D eigenvalue weighted by Gasteiger charge is -2.07. The fourth-order valence-corrected chi connectivity index (χ4v) is 1.72. The third-order valence-electron chi connectivity index (χ3n) is 2.71. The minimum atomic E-state index is -4.29. The van der Waals surface area contributed by atoms with Crippen molar-refractivity contribution in [1.82, 2.24) is 0 Å². The number of rotatable bonds is 1. The molecule has 16 heavy (non-hydrogen) atoms. The Morgan fingerprint density at radius 1 is 1.25 bits per heavy atom. The average molecular weight is 227 g/mol. The van der Waals surface area contributed by atoms with E-state index in [0.717, 1.165) is 23.4 Å². The summed E-state index contributed by atoms with van der Waals surface area (Å²) < 4.78 is 37.4. The normalized spacial score (nSPS) is 15.2. The van der Waals surface area contributed by atoms with Crippen LogP contribution in [-0.4, -0.2) is 5.71 Å². The number of hydrogen-bond acceptors (Lipinski definition) is 1. The van der Waals surface area contributed by atoms with Crippen LogP contribution in [-0.2, 0) is 12.6 Å². The van der Waals surface area contributed by atoms with Crippen molar-refractivity contribution < 1.29 is 13.2 Å². The molecule has 1 aliphatic rings. The Bertz CT molecular complexity index is 444. The highest BCUT2D eigenvalue weighted by Crippen LogP contribution is 2.36. The van der Waals surface area contributed by atoms with Crippen LogP contribution in [0, 0.1) is 5.92 Å². The van der Waals surface area contributed by atoms with Gasteiger partial charge in [0.15, 0.2) is 0 Å². The van der Waals surface area contributed by atoms with Crippen LogP contribution in [0.3, 0.4) is 0 Å². The van der Waals surface area contributed by atoms with Crippen molar-refractivity contribution >= 4 is 11.4 Å². The van der Waals surface area contributed by atoms with Crippen LogP contribution in [0.15, 0.2) is 23.2 Å². The lowest BCUT2D eigenvalue weighted by atomic mass is 10.0. The average Bonchev–Trinajstić information content (AvgIpc) is 2.58. The number of nitrogens with zero attached hydrogens (tertiary/aromatic N) is 1. The summed E-state index contributed by atoms with van der Waals surface area (Å²) in [6.07, 6.45) is -3.61. The van der Waals surface area contributed by atoms with Gasteiger partial charge in [-0.15, -0.1) is 0 Å². The molecule has 0 saturated heterocycles. The Labute approximate surface area is 92.0 Å². The fourth-order valence-electron chi connectivity index (χ4n) is 1.72. The molecular formula is C12H12F3N. The topological polar surface area (TPSA) is 12.4 Å². The first kappa shape index (κ1) is 11.2. The summed E-state index contributed by atoms with van der Waals surface area (Å²) in [4.78, 5) is 4.24. The van der Waals surface area contributed by atoms with Gasteiger partial charge in [0.05, 0.1) is 11.3 Å². The molecule has 0 aromatic heterocycles. The van der Waals surface area contributed by atoms with Crippen LogP contribution in [0.5, 0.6) is 0 Å². The molecule has 1 nitrogen and oxygen atoms in total. The van der Waals surface area contributed by atoms with E-state index in [2.05, 4.69) is 4.99 Å². The smallest absolute Gasteiger partial charge is 0.257 e. The third kappa shape index (κ3) is 1.96. The van der Waals surface area contributed by atoms with Crippen molar-refractivity contribution in [3.63, 3.8) is 0 Å². The molecule has 0 amide bonds. The predicted molar refractivity (Wildman–Crippen MR) is 57.1 cm³/mol. The number of fused-ring (bicyclic) bond motifs is 1. The van der Waals surface area contributed by atoms with E-state index in [1.165, 1.54) is 6.07 Å². The first-order chi connectivity index (χ1) is 7.38. The Balaban J connectivity index is 2.38. The molecule has 0 bridgehead atoms. The second kappa shape index (κ2) is 3.61. The Morgan fingerprint density at radius 3 is 2.50 bits per heavy atom. The highest BCUT2D eigenvalue weighted by molar-refractivity contribution is 5.95. The SMILES string of the molecule is CC(C)C1=Nc2cc(C(F)(F)F)ccc2C1. The molecule has 0 aliphatic carbocycles.